The van der Waals surface area contributed by atoms with Crippen LogP contribution in [0.15, 0.2) is 29.3 Å². The van der Waals surface area contributed by atoms with Crippen molar-refractivity contribution < 1.29 is 13.2 Å². The van der Waals surface area contributed by atoms with Gasteiger partial charge in [0.1, 0.15) is 6.10 Å². The van der Waals surface area contributed by atoms with Crippen molar-refractivity contribution in [3.05, 3.63) is 34.9 Å². The molecule has 0 amide bonds. The van der Waals surface area contributed by atoms with Crippen LogP contribution < -0.4 is 5.32 Å². The Morgan fingerprint density at radius 2 is 2.19 bits per heavy atom. The highest BCUT2D eigenvalue weighted by Crippen LogP contribution is 2.24. The zero-order valence-electron chi connectivity index (χ0n) is 15.8. The van der Waals surface area contributed by atoms with Crippen LogP contribution in [0.1, 0.15) is 32.4 Å². The van der Waals surface area contributed by atoms with E-state index >= 15 is 0 Å². The Labute approximate surface area is 161 Å². The molecule has 1 heterocycles. The Morgan fingerprint density at radius 1 is 1.46 bits per heavy atom. The minimum atomic E-state index is -3.09. The summed E-state index contributed by atoms with van der Waals surface area (Å²) in [5.41, 5.74) is 0.959. The summed E-state index contributed by atoms with van der Waals surface area (Å²) in [7, 11) is -1.45. The minimum absolute atomic E-state index is 0.131. The topological polar surface area (TPSA) is 71.0 Å². The zero-order valence-corrected chi connectivity index (χ0v) is 17.4. The number of benzene rings is 1. The predicted octanol–water partition coefficient (Wildman–Crippen LogP) is 2.50. The molecule has 8 heteroatoms. The van der Waals surface area contributed by atoms with E-state index in [1.807, 2.05) is 36.1 Å². The first kappa shape index (κ1) is 21.0. The van der Waals surface area contributed by atoms with Crippen molar-refractivity contribution in [3.63, 3.8) is 0 Å². The van der Waals surface area contributed by atoms with E-state index < -0.39 is 14.6 Å². The number of sulfone groups is 1. The standard InChI is InChI=1S/C18H28ClN3O3S/c1-5-20-17(22-9-10-26(23,24)18(2,3)13-22)21-12-16(25-4)14-7-6-8-15(19)11-14/h6-8,11,16H,5,9-10,12-13H2,1-4H3,(H,20,21). The van der Waals surface area contributed by atoms with Gasteiger partial charge < -0.3 is 15.0 Å². The Morgan fingerprint density at radius 3 is 2.77 bits per heavy atom. The fraction of sp³-hybridized carbons (Fsp3) is 0.611. The second kappa shape index (κ2) is 8.59. The fourth-order valence-corrected chi connectivity index (χ4v) is 4.51. The molecule has 1 atom stereocenters. The number of nitrogens with one attached hydrogen (secondary N) is 1. The third-order valence-corrected chi connectivity index (χ3v) is 7.36. The lowest BCUT2D eigenvalue weighted by molar-refractivity contribution is 0.110. The van der Waals surface area contributed by atoms with Gasteiger partial charge in [-0.3, -0.25) is 4.99 Å². The number of aliphatic imine (C=N–C) groups is 1. The summed E-state index contributed by atoms with van der Waals surface area (Å²) in [5, 5.41) is 3.92. The number of hydrogen-bond donors (Lipinski definition) is 1. The summed E-state index contributed by atoms with van der Waals surface area (Å²) in [4.78, 5) is 6.71. The molecule has 1 aliphatic rings. The van der Waals surface area contributed by atoms with E-state index in [0.29, 0.717) is 37.2 Å². The van der Waals surface area contributed by atoms with Crippen molar-refractivity contribution >= 4 is 27.4 Å². The molecule has 26 heavy (non-hydrogen) atoms. The number of halogens is 1. The Bertz CT molecular complexity index is 750. The molecule has 1 saturated heterocycles. The van der Waals surface area contributed by atoms with Crippen LogP contribution in [-0.4, -0.2) is 63.1 Å². The first-order chi connectivity index (χ1) is 12.2. The molecular formula is C18H28ClN3O3S. The molecule has 1 N–H and O–H groups in total. The Hall–Kier alpha value is -1.31. The van der Waals surface area contributed by atoms with Gasteiger partial charge in [-0.25, -0.2) is 8.42 Å². The van der Waals surface area contributed by atoms with Gasteiger partial charge >= 0.3 is 0 Å². The summed E-state index contributed by atoms with van der Waals surface area (Å²) in [6.45, 7) is 7.50. The van der Waals surface area contributed by atoms with Crippen molar-refractivity contribution in [2.24, 2.45) is 4.99 Å². The number of rotatable bonds is 5. The van der Waals surface area contributed by atoms with Gasteiger partial charge in [0.25, 0.3) is 0 Å². The zero-order chi connectivity index (χ0) is 19.4. The summed E-state index contributed by atoms with van der Waals surface area (Å²) in [5.74, 6) is 0.839. The monoisotopic (exact) mass is 401 g/mol. The largest absolute Gasteiger partial charge is 0.375 e. The minimum Gasteiger partial charge on any atom is -0.375 e. The maximum absolute atomic E-state index is 12.2. The molecule has 6 nitrogen and oxygen atoms in total. The third kappa shape index (κ3) is 4.90. The summed E-state index contributed by atoms with van der Waals surface area (Å²) in [6, 6.07) is 7.53. The van der Waals surface area contributed by atoms with E-state index in [0.717, 1.165) is 5.56 Å². The van der Waals surface area contributed by atoms with Crippen molar-refractivity contribution in [1.29, 1.82) is 0 Å². The highest BCUT2D eigenvalue weighted by molar-refractivity contribution is 7.92. The first-order valence-corrected chi connectivity index (χ1v) is 10.8. The average Bonchev–Trinajstić information content (AvgIpc) is 2.57. The smallest absolute Gasteiger partial charge is 0.194 e. The molecule has 0 spiro atoms. The van der Waals surface area contributed by atoms with Gasteiger partial charge in [0.15, 0.2) is 15.8 Å². The van der Waals surface area contributed by atoms with Crippen molar-refractivity contribution in [2.45, 2.75) is 31.6 Å². The highest BCUT2D eigenvalue weighted by atomic mass is 35.5. The number of hydrogen-bond acceptors (Lipinski definition) is 4. The second-order valence-corrected chi connectivity index (χ2v) is 10.2. The van der Waals surface area contributed by atoms with Crippen LogP contribution in [-0.2, 0) is 14.6 Å². The van der Waals surface area contributed by atoms with E-state index in [1.54, 1.807) is 21.0 Å². The van der Waals surface area contributed by atoms with Crippen molar-refractivity contribution in [2.75, 3.05) is 39.0 Å². The molecule has 0 radical (unpaired) electrons. The molecule has 1 aliphatic heterocycles. The molecule has 0 aliphatic carbocycles. The third-order valence-electron chi connectivity index (χ3n) is 4.59. The Kier molecular flexibility index (Phi) is 6.93. The molecule has 0 aromatic heterocycles. The van der Waals surface area contributed by atoms with Gasteiger partial charge in [-0.05, 0) is 38.5 Å². The highest BCUT2D eigenvalue weighted by Gasteiger charge is 2.41. The lowest BCUT2D eigenvalue weighted by atomic mass is 10.1. The molecule has 0 saturated carbocycles. The number of ether oxygens (including phenoxy) is 1. The molecule has 1 aromatic rings. The summed E-state index contributed by atoms with van der Waals surface area (Å²) >= 11 is 6.07. The average molecular weight is 402 g/mol. The van der Waals surface area contributed by atoms with Gasteiger partial charge in [0.05, 0.1) is 17.0 Å². The fourth-order valence-electron chi connectivity index (χ4n) is 2.94. The SMILES string of the molecule is CCNC(=NCC(OC)c1cccc(Cl)c1)N1CCS(=O)(=O)C(C)(C)C1. The number of methoxy groups -OCH3 is 1. The van der Waals surface area contributed by atoms with Crippen molar-refractivity contribution in [1.82, 2.24) is 10.2 Å². The molecule has 146 valence electrons. The van der Waals surface area contributed by atoms with Crippen LogP contribution in [0, 0.1) is 0 Å². The molecule has 1 fully saturated rings. The molecule has 1 unspecified atom stereocenters. The Balaban J connectivity index is 2.18. The summed E-state index contributed by atoms with van der Waals surface area (Å²) in [6.07, 6.45) is -0.219. The normalized spacial score (nSPS) is 20.7. The maximum atomic E-state index is 12.2. The van der Waals surface area contributed by atoms with E-state index in [1.165, 1.54) is 0 Å². The van der Waals surface area contributed by atoms with Crippen LogP contribution >= 0.6 is 11.6 Å². The quantitative estimate of drug-likeness (QED) is 0.606. The molecular weight excluding hydrogens is 374 g/mol. The first-order valence-electron chi connectivity index (χ1n) is 8.74. The molecule has 1 aromatic carbocycles. The van der Waals surface area contributed by atoms with Gasteiger partial charge in [-0.15, -0.1) is 0 Å². The van der Waals surface area contributed by atoms with Crippen molar-refractivity contribution in [3.8, 4) is 0 Å². The van der Waals surface area contributed by atoms with Gasteiger partial charge in [0.2, 0.25) is 0 Å². The van der Waals surface area contributed by atoms with E-state index in [4.69, 9.17) is 21.3 Å². The maximum Gasteiger partial charge on any atom is 0.194 e. The molecule has 0 bridgehead atoms. The van der Waals surface area contributed by atoms with Gasteiger partial charge in [-0.2, -0.15) is 0 Å². The van der Waals surface area contributed by atoms with Crippen LogP contribution in [0.5, 0.6) is 0 Å². The predicted molar refractivity (Wildman–Crippen MR) is 107 cm³/mol. The lowest BCUT2D eigenvalue weighted by Gasteiger charge is -2.39. The number of nitrogens with zero attached hydrogens (tertiary/aromatic N) is 2. The van der Waals surface area contributed by atoms with E-state index in [-0.39, 0.29) is 11.9 Å². The van der Waals surface area contributed by atoms with Crippen LogP contribution in [0.3, 0.4) is 0 Å². The second-order valence-electron chi connectivity index (χ2n) is 6.97. The summed E-state index contributed by atoms with van der Waals surface area (Å²) < 4.78 is 29.3. The lowest BCUT2D eigenvalue weighted by Crippen LogP contribution is -2.57. The van der Waals surface area contributed by atoms with Crippen LogP contribution in [0.4, 0.5) is 0 Å². The van der Waals surface area contributed by atoms with Crippen LogP contribution in [0.25, 0.3) is 0 Å². The van der Waals surface area contributed by atoms with E-state index in [2.05, 4.69) is 5.32 Å². The van der Waals surface area contributed by atoms with Gasteiger partial charge in [-0.1, -0.05) is 23.7 Å². The number of guanidine groups is 1. The van der Waals surface area contributed by atoms with Gasteiger partial charge in [0, 0.05) is 31.8 Å². The van der Waals surface area contributed by atoms with E-state index in [9.17, 15) is 8.42 Å². The van der Waals surface area contributed by atoms with Crippen LogP contribution in [0.2, 0.25) is 5.02 Å². The molecule has 2 rings (SSSR count).